The van der Waals surface area contributed by atoms with E-state index in [9.17, 15) is 0 Å². The number of para-hydroxylation sites is 1. The molecule has 0 aliphatic carbocycles. The number of aromatic nitrogens is 2. The summed E-state index contributed by atoms with van der Waals surface area (Å²) in [7, 11) is 0. The summed E-state index contributed by atoms with van der Waals surface area (Å²) in [4.78, 5) is 2.54. The van der Waals surface area contributed by atoms with E-state index in [2.05, 4.69) is 35.3 Å². The van der Waals surface area contributed by atoms with Crippen molar-refractivity contribution in [3.8, 4) is 5.69 Å². The van der Waals surface area contributed by atoms with Gasteiger partial charge in [0.05, 0.1) is 11.9 Å². The van der Waals surface area contributed by atoms with Gasteiger partial charge in [-0.25, -0.2) is 4.68 Å². The lowest BCUT2D eigenvalue weighted by Crippen LogP contribution is -2.45. The van der Waals surface area contributed by atoms with Crippen molar-refractivity contribution in [1.29, 1.82) is 0 Å². The third-order valence-corrected chi connectivity index (χ3v) is 4.55. The molecule has 0 radical (unpaired) electrons. The summed E-state index contributed by atoms with van der Waals surface area (Å²) >= 11 is 0. The molecule has 4 nitrogen and oxygen atoms in total. The summed E-state index contributed by atoms with van der Waals surface area (Å²) in [5, 5.41) is 4.51. The van der Waals surface area contributed by atoms with E-state index in [0.717, 1.165) is 18.8 Å². The number of hydrogen-bond acceptors (Lipinski definition) is 3. The molecule has 2 atom stereocenters. The zero-order valence-corrected chi connectivity index (χ0v) is 12.7. The largest absolute Gasteiger partial charge is 0.329 e. The van der Waals surface area contributed by atoms with Crippen molar-refractivity contribution in [3.05, 3.63) is 48.3 Å². The molecule has 1 aliphatic rings. The van der Waals surface area contributed by atoms with Gasteiger partial charge in [0.2, 0.25) is 0 Å². The van der Waals surface area contributed by atoms with Crippen LogP contribution in [-0.4, -0.2) is 33.8 Å². The fraction of sp³-hybridized carbons (Fsp3) is 0.471. The average Bonchev–Trinajstić information content (AvgIpc) is 3.05. The third kappa shape index (κ3) is 3.01. The average molecular weight is 284 g/mol. The van der Waals surface area contributed by atoms with Gasteiger partial charge < -0.3 is 5.73 Å². The molecule has 0 bridgehead atoms. The van der Waals surface area contributed by atoms with E-state index < -0.39 is 0 Å². The van der Waals surface area contributed by atoms with Crippen LogP contribution in [-0.2, 0) is 0 Å². The predicted octanol–water partition coefficient (Wildman–Crippen LogP) is 2.75. The first-order valence-electron chi connectivity index (χ1n) is 7.85. The molecule has 1 aromatic heterocycles. The normalized spacial score (nSPS) is 21.3. The lowest BCUT2D eigenvalue weighted by atomic mass is 9.98. The van der Waals surface area contributed by atoms with Crippen LogP contribution >= 0.6 is 0 Å². The van der Waals surface area contributed by atoms with Gasteiger partial charge >= 0.3 is 0 Å². The van der Waals surface area contributed by atoms with E-state index in [4.69, 9.17) is 5.73 Å². The molecular formula is C17H24N4. The van der Waals surface area contributed by atoms with E-state index in [1.54, 1.807) is 0 Å². The minimum atomic E-state index is 0.372. The molecule has 2 heterocycles. The lowest BCUT2D eigenvalue weighted by molar-refractivity contribution is 0.108. The molecule has 2 unspecified atom stereocenters. The summed E-state index contributed by atoms with van der Waals surface area (Å²) in [6.07, 6.45) is 7.91. The van der Waals surface area contributed by atoms with Gasteiger partial charge in [0.15, 0.2) is 0 Å². The minimum absolute atomic E-state index is 0.372. The minimum Gasteiger partial charge on any atom is -0.329 e. The van der Waals surface area contributed by atoms with Crippen molar-refractivity contribution < 1.29 is 0 Å². The molecule has 4 heteroatoms. The molecule has 1 saturated heterocycles. The van der Waals surface area contributed by atoms with Gasteiger partial charge in [-0.3, -0.25) is 4.90 Å². The van der Waals surface area contributed by atoms with E-state index in [0.29, 0.717) is 12.1 Å². The number of nitrogens with two attached hydrogens (primary N) is 1. The van der Waals surface area contributed by atoms with Crippen molar-refractivity contribution in [2.75, 3.05) is 13.1 Å². The van der Waals surface area contributed by atoms with Gasteiger partial charge in [-0.1, -0.05) is 24.6 Å². The number of hydrogen-bond donors (Lipinski definition) is 1. The molecule has 1 aromatic carbocycles. The highest BCUT2D eigenvalue weighted by Crippen LogP contribution is 2.28. The van der Waals surface area contributed by atoms with Crippen molar-refractivity contribution in [3.63, 3.8) is 0 Å². The van der Waals surface area contributed by atoms with Gasteiger partial charge in [0.1, 0.15) is 0 Å². The highest BCUT2D eigenvalue weighted by Gasteiger charge is 2.26. The third-order valence-electron chi connectivity index (χ3n) is 4.55. The highest BCUT2D eigenvalue weighted by molar-refractivity contribution is 5.31. The van der Waals surface area contributed by atoms with Crippen LogP contribution in [0.25, 0.3) is 5.69 Å². The molecule has 0 saturated carbocycles. The molecule has 2 aromatic rings. The number of benzene rings is 1. The smallest absolute Gasteiger partial charge is 0.0645 e. The maximum absolute atomic E-state index is 5.94. The van der Waals surface area contributed by atoms with Crippen molar-refractivity contribution in [2.24, 2.45) is 5.73 Å². The summed E-state index contributed by atoms with van der Waals surface area (Å²) in [5.74, 6) is 0. The van der Waals surface area contributed by atoms with Crippen LogP contribution in [0.1, 0.15) is 37.8 Å². The Morgan fingerprint density at radius 1 is 1.29 bits per heavy atom. The Labute approximate surface area is 126 Å². The fourth-order valence-electron chi connectivity index (χ4n) is 3.25. The van der Waals surface area contributed by atoms with E-state index >= 15 is 0 Å². The zero-order chi connectivity index (χ0) is 14.7. The Bertz CT molecular complexity index is 563. The maximum Gasteiger partial charge on any atom is 0.0645 e. The molecule has 0 amide bonds. The van der Waals surface area contributed by atoms with E-state index in [1.165, 1.54) is 24.8 Å². The van der Waals surface area contributed by atoms with Crippen LogP contribution in [0.3, 0.4) is 0 Å². The summed E-state index contributed by atoms with van der Waals surface area (Å²) < 4.78 is 1.95. The Morgan fingerprint density at radius 3 is 2.86 bits per heavy atom. The summed E-state index contributed by atoms with van der Waals surface area (Å²) in [5.41, 5.74) is 8.31. The second-order valence-electron chi connectivity index (χ2n) is 5.85. The Kier molecular flexibility index (Phi) is 4.36. The quantitative estimate of drug-likeness (QED) is 0.939. The van der Waals surface area contributed by atoms with Crippen LogP contribution in [0.2, 0.25) is 0 Å². The topological polar surface area (TPSA) is 47.1 Å². The van der Waals surface area contributed by atoms with Crippen molar-refractivity contribution in [1.82, 2.24) is 14.7 Å². The number of piperidine rings is 1. The van der Waals surface area contributed by atoms with Crippen LogP contribution in [0.15, 0.2) is 42.7 Å². The van der Waals surface area contributed by atoms with Crippen LogP contribution < -0.4 is 5.73 Å². The summed E-state index contributed by atoms with van der Waals surface area (Å²) in [6, 6.07) is 11.1. The molecule has 21 heavy (non-hydrogen) atoms. The molecule has 1 aliphatic heterocycles. The van der Waals surface area contributed by atoms with E-state index in [-0.39, 0.29) is 0 Å². The van der Waals surface area contributed by atoms with Gasteiger partial charge in [0, 0.05) is 30.4 Å². The standard InChI is InChI=1S/C17H24N4/c1-14(20-10-6-5-9-17(20)11-18)15-12-19-21(13-15)16-7-3-2-4-8-16/h2-4,7-8,12-14,17H,5-6,9-11,18H2,1H3. The Balaban J connectivity index is 1.79. The molecular weight excluding hydrogens is 260 g/mol. The van der Waals surface area contributed by atoms with Crippen LogP contribution in [0, 0.1) is 0 Å². The molecule has 1 fully saturated rings. The molecule has 2 N–H and O–H groups in total. The monoisotopic (exact) mass is 284 g/mol. The first-order chi connectivity index (χ1) is 10.3. The van der Waals surface area contributed by atoms with Gasteiger partial charge in [0.25, 0.3) is 0 Å². The maximum atomic E-state index is 5.94. The first kappa shape index (κ1) is 14.3. The Morgan fingerprint density at radius 2 is 2.10 bits per heavy atom. The predicted molar refractivity (Wildman–Crippen MR) is 85.4 cm³/mol. The molecule has 3 rings (SSSR count). The summed E-state index contributed by atoms with van der Waals surface area (Å²) in [6.45, 7) is 4.15. The van der Waals surface area contributed by atoms with Crippen LogP contribution in [0.5, 0.6) is 0 Å². The number of nitrogens with zero attached hydrogens (tertiary/aromatic N) is 3. The lowest BCUT2D eigenvalue weighted by Gasteiger charge is -2.39. The number of likely N-dealkylation sites (tertiary alicyclic amines) is 1. The van der Waals surface area contributed by atoms with Gasteiger partial charge in [-0.15, -0.1) is 0 Å². The second kappa shape index (κ2) is 6.41. The van der Waals surface area contributed by atoms with Gasteiger partial charge in [-0.2, -0.15) is 5.10 Å². The van der Waals surface area contributed by atoms with Gasteiger partial charge in [-0.05, 0) is 38.4 Å². The highest BCUT2D eigenvalue weighted by atomic mass is 15.3. The van der Waals surface area contributed by atoms with E-state index in [1.807, 2.05) is 29.1 Å². The SMILES string of the molecule is CC(c1cnn(-c2ccccc2)c1)N1CCCCC1CN. The van der Waals surface area contributed by atoms with Crippen molar-refractivity contribution >= 4 is 0 Å². The molecule has 0 spiro atoms. The number of rotatable bonds is 4. The second-order valence-corrected chi connectivity index (χ2v) is 5.85. The molecule has 112 valence electrons. The van der Waals surface area contributed by atoms with Crippen LogP contribution in [0.4, 0.5) is 0 Å². The van der Waals surface area contributed by atoms with Crippen molar-refractivity contribution in [2.45, 2.75) is 38.3 Å². The fourth-order valence-corrected chi connectivity index (χ4v) is 3.25. The zero-order valence-electron chi connectivity index (χ0n) is 12.7. The first-order valence-corrected chi connectivity index (χ1v) is 7.85. The Hall–Kier alpha value is -1.65.